The smallest absolute Gasteiger partial charge is 0.181 e. The van der Waals surface area contributed by atoms with Crippen LogP contribution in [0.25, 0.3) is 0 Å². The molecule has 0 N–H and O–H groups in total. The van der Waals surface area contributed by atoms with Crippen LogP contribution in [0, 0.1) is 27.7 Å². The van der Waals surface area contributed by atoms with E-state index in [9.17, 15) is 4.79 Å². The summed E-state index contributed by atoms with van der Waals surface area (Å²) in [7, 11) is 0.484. The van der Waals surface area contributed by atoms with Gasteiger partial charge < -0.3 is 0 Å². The van der Waals surface area contributed by atoms with Crippen molar-refractivity contribution < 1.29 is 4.79 Å². The predicted octanol–water partition coefficient (Wildman–Crippen LogP) is 4.30. The fourth-order valence-corrected chi connectivity index (χ4v) is 4.56. The van der Waals surface area contributed by atoms with Crippen LogP contribution in [0.5, 0.6) is 0 Å². The van der Waals surface area contributed by atoms with Crippen LogP contribution in [-0.4, -0.2) is 30.0 Å². The summed E-state index contributed by atoms with van der Waals surface area (Å²) in [6.07, 6.45) is 5.14. The van der Waals surface area contributed by atoms with Gasteiger partial charge in [0, 0.05) is 24.4 Å². The van der Waals surface area contributed by atoms with Crippen molar-refractivity contribution in [1.82, 2.24) is 0 Å². The van der Waals surface area contributed by atoms with Crippen LogP contribution in [0.15, 0.2) is 6.07 Å². The summed E-state index contributed by atoms with van der Waals surface area (Å²) in [6.45, 7) is 8.43. The molecule has 0 saturated heterocycles. The molecule has 1 nitrogen and oxygen atoms in total. The van der Waals surface area contributed by atoms with Crippen molar-refractivity contribution >= 4 is 33.0 Å². The van der Waals surface area contributed by atoms with Crippen molar-refractivity contribution in [3.05, 3.63) is 33.9 Å². The minimum absolute atomic E-state index is 0. The monoisotopic (exact) mass is 269 g/mol. The molecule has 0 heterocycles. The first-order chi connectivity index (χ1) is 8.50. The molecular weight excluding hydrogens is 246 g/mol. The van der Waals surface area contributed by atoms with Gasteiger partial charge in [-0.1, -0.05) is 18.9 Å². The summed E-state index contributed by atoms with van der Waals surface area (Å²) >= 11 is 0. The second-order valence-electron chi connectivity index (χ2n) is 5.59. The minimum Gasteiger partial charge on any atom is -0.289 e. The zero-order chi connectivity index (χ0) is 13.3. The number of hydrogen-bond donors (Lipinski definition) is 0. The molecule has 1 unspecified atom stereocenters. The molecule has 1 fully saturated rings. The van der Waals surface area contributed by atoms with Gasteiger partial charge in [0.1, 0.15) is 0 Å². The van der Waals surface area contributed by atoms with Gasteiger partial charge in [0.15, 0.2) is 5.52 Å². The maximum absolute atomic E-state index is 12.5. The molecule has 1 saturated carbocycles. The summed E-state index contributed by atoms with van der Waals surface area (Å²) in [4.78, 5) is 12.5. The van der Waals surface area contributed by atoms with E-state index in [1.807, 2.05) is 0 Å². The normalized spacial score (nSPS) is 16.0. The summed E-state index contributed by atoms with van der Waals surface area (Å²) in [5.41, 5.74) is 6.99. The van der Waals surface area contributed by atoms with Crippen LogP contribution in [0.3, 0.4) is 0 Å². The molecule has 1 aromatic rings. The molecule has 1 atom stereocenters. The Bertz CT molecular complexity index is 476. The average Bonchev–Trinajstić information content (AvgIpc) is 2.78. The van der Waals surface area contributed by atoms with Crippen molar-refractivity contribution in [2.75, 3.05) is 0 Å². The molecule has 3 heteroatoms. The number of benzene rings is 1. The standard InChI is InChI=1S/C16H23OP.Li/c1-10-9-11(2)15(13(4)12(10)3)16(17)18-14-7-5-6-8-14;/h9,14,18H,5-8H2,1-4H3;. The van der Waals surface area contributed by atoms with Gasteiger partial charge in [-0.25, -0.2) is 0 Å². The molecule has 1 aromatic carbocycles. The van der Waals surface area contributed by atoms with E-state index in [1.165, 1.54) is 42.4 Å². The maximum atomic E-state index is 12.5. The molecular formula is C16H23LiOP. The second-order valence-corrected chi connectivity index (χ2v) is 7.15. The molecule has 0 aromatic heterocycles. The zero-order valence-electron chi connectivity index (χ0n) is 12.9. The number of hydrogen-bond acceptors (Lipinski definition) is 1. The number of aryl methyl sites for hydroxylation is 2. The van der Waals surface area contributed by atoms with Crippen LogP contribution in [0.2, 0.25) is 0 Å². The first kappa shape index (κ1) is 17.0. The van der Waals surface area contributed by atoms with Crippen LogP contribution < -0.4 is 0 Å². The van der Waals surface area contributed by atoms with Crippen molar-refractivity contribution in [3.63, 3.8) is 0 Å². The van der Waals surface area contributed by atoms with Crippen LogP contribution in [-0.2, 0) is 0 Å². The fraction of sp³-hybridized carbons (Fsp3) is 0.562. The topological polar surface area (TPSA) is 17.1 Å². The van der Waals surface area contributed by atoms with E-state index >= 15 is 0 Å². The van der Waals surface area contributed by atoms with Gasteiger partial charge in [-0.3, -0.25) is 4.79 Å². The average molecular weight is 269 g/mol. The third-order valence-electron chi connectivity index (χ3n) is 4.27. The Morgan fingerprint density at radius 3 is 2.21 bits per heavy atom. The Balaban J connectivity index is 0.00000180. The van der Waals surface area contributed by atoms with E-state index in [0.29, 0.717) is 19.8 Å². The molecule has 0 bridgehead atoms. The molecule has 0 amide bonds. The number of carbonyl (C=O) groups is 1. The molecule has 0 aliphatic heterocycles. The Morgan fingerprint density at radius 1 is 1.05 bits per heavy atom. The van der Waals surface area contributed by atoms with E-state index in [4.69, 9.17) is 0 Å². The minimum atomic E-state index is 0. The molecule has 1 radical (unpaired) electrons. The Labute approximate surface area is 130 Å². The van der Waals surface area contributed by atoms with Gasteiger partial charge in [0.25, 0.3) is 0 Å². The van der Waals surface area contributed by atoms with E-state index < -0.39 is 0 Å². The molecule has 1 aliphatic carbocycles. The maximum Gasteiger partial charge on any atom is 0.181 e. The van der Waals surface area contributed by atoms with Crippen molar-refractivity contribution in [2.45, 2.75) is 59.0 Å². The van der Waals surface area contributed by atoms with Crippen molar-refractivity contribution in [2.24, 2.45) is 0 Å². The quantitative estimate of drug-likeness (QED) is 0.590. The van der Waals surface area contributed by atoms with Gasteiger partial charge in [-0.15, -0.1) is 0 Å². The molecule has 99 valence electrons. The van der Waals surface area contributed by atoms with E-state index in [0.717, 1.165) is 11.1 Å². The molecule has 2 rings (SSSR count). The SMILES string of the molecule is Cc1cc(C)c(C(=O)PC2CCCC2)c(C)c1C.[Li]. The second kappa shape index (κ2) is 7.08. The third kappa shape index (κ3) is 3.72. The Hall–Kier alpha value is -0.0826. The predicted molar refractivity (Wildman–Crippen MR) is 86.0 cm³/mol. The van der Waals surface area contributed by atoms with Crippen LogP contribution in [0.4, 0.5) is 0 Å². The zero-order valence-corrected chi connectivity index (χ0v) is 13.9. The fourth-order valence-electron chi connectivity index (χ4n) is 2.96. The van der Waals surface area contributed by atoms with Gasteiger partial charge in [-0.05, 0) is 77.0 Å². The summed E-state index contributed by atoms with van der Waals surface area (Å²) < 4.78 is 0. The first-order valence-electron chi connectivity index (χ1n) is 6.89. The van der Waals surface area contributed by atoms with Crippen LogP contribution >= 0.6 is 8.58 Å². The summed E-state index contributed by atoms with van der Waals surface area (Å²) in [5, 5.41) is 0. The number of rotatable bonds is 3. The Kier molecular flexibility index (Phi) is 6.32. The van der Waals surface area contributed by atoms with Gasteiger partial charge in [0.2, 0.25) is 0 Å². The third-order valence-corrected chi connectivity index (χ3v) is 5.77. The van der Waals surface area contributed by atoms with Crippen LogP contribution in [0.1, 0.15) is 58.3 Å². The van der Waals surface area contributed by atoms with E-state index in [2.05, 4.69) is 33.8 Å². The van der Waals surface area contributed by atoms with Crippen molar-refractivity contribution in [1.29, 1.82) is 0 Å². The molecule has 0 spiro atoms. The molecule has 19 heavy (non-hydrogen) atoms. The Morgan fingerprint density at radius 2 is 1.63 bits per heavy atom. The van der Waals surface area contributed by atoms with Gasteiger partial charge in [-0.2, -0.15) is 0 Å². The van der Waals surface area contributed by atoms with Gasteiger partial charge >= 0.3 is 0 Å². The van der Waals surface area contributed by atoms with E-state index in [-0.39, 0.29) is 18.9 Å². The number of carbonyl (C=O) groups excluding carboxylic acids is 1. The summed E-state index contributed by atoms with van der Waals surface area (Å²) in [6, 6.07) is 2.16. The van der Waals surface area contributed by atoms with Gasteiger partial charge in [0.05, 0.1) is 0 Å². The molecule has 1 aliphatic rings. The van der Waals surface area contributed by atoms with E-state index in [1.54, 1.807) is 0 Å². The first-order valence-corrected chi connectivity index (χ1v) is 7.96. The summed E-state index contributed by atoms with van der Waals surface area (Å²) in [5.74, 6) is 0. The largest absolute Gasteiger partial charge is 0.289 e. The van der Waals surface area contributed by atoms with Crippen molar-refractivity contribution in [3.8, 4) is 0 Å².